The van der Waals surface area contributed by atoms with Crippen LogP contribution in [0.4, 0.5) is 5.69 Å². The molecule has 0 spiro atoms. The molecule has 2 atom stereocenters. The Kier molecular flexibility index (Phi) is 6.94. The fourth-order valence-electron chi connectivity index (χ4n) is 3.89. The van der Waals surface area contributed by atoms with Crippen molar-refractivity contribution in [2.45, 2.75) is 56.9 Å². The van der Waals surface area contributed by atoms with Crippen molar-refractivity contribution in [1.29, 1.82) is 0 Å². The summed E-state index contributed by atoms with van der Waals surface area (Å²) in [6, 6.07) is 18.4. The van der Waals surface area contributed by atoms with Gasteiger partial charge in [-0.2, -0.15) is 0 Å². The molecule has 0 saturated heterocycles. The van der Waals surface area contributed by atoms with Gasteiger partial charge in [-0.15, -0.1) is 0 Å². The summed E-state index contributed by atoms with van der Waals surface area (Å²) in [7, 11) is -3.28. The molecule has 0 unspecified atom stereocenters. The van der Waals surface area contributed by atoms with Gasteiger partial charge in [-0.25, -0.2) is 19.7 Å². The molecule has 1 fully saturated rings. The van der Waals surface area contributed by atoms with Crippen molar-refractivity contribution in [3.63, 3.8) is 0 Å². The molecule has 29 heavy (non-hydrogen) atoms. The molecule has 2 aromatic carbocycles. The van der Waals surface area contributed by atoms with Gasteiger partial charge in [-0.05, 0) is 49.9 Å². The van der Waals surface area contributed by atoms with E-state index in [-0.39, 0.29) is 12.0 Å². The van der Waals surface area contributed by atoms with E-state index in [1.54, 1.807) is 13.8 Å². The third kappa shape index (κ3) is 5.37. The highest BCUT2D eigenvalue weighted by molar-refractivity contribution is 7.90. The SMILES string of the molecule is [C-]#[N+]CN(Cc1ccccc1)c1ccc([C@H]2CCC[C@H]2NS(=O)(=O)C(C)C)cc1. The van der Waals surface area contributed by atoms with E-state index in [1.165, 1.54) is 5.56 Å². The van der Waals surface area contributed by atoms with Gasteiger partial charge in [0.05, 0.1) is 5.25 Å². The third-order valence-corrected chi connectivity index (χ3v) is 7.47. The first kappa shape index (κ1) is 21.4. The van der Waals surface area contributed by atoms with Gasteiger partial charge >= 0.3 is 0 Å². The van der Waals surface area contributed by atoms with Gasteiger partial charge in [0, 0.05) is 24.2 Å². The van der Waals surface area contributed by atoms with Crippen LogP contribution >= 0.6 is 0 Å². The van der Waals surface area contributed by atoms with Gasteiger partial charge in [0.15, 0.2) is 0 Å². The number of sulfonamides is 1. The first-order valence-electron chi connectivity index (χ1n) is 10.1. The summed E-state index contributed by atoms with van der Waals surface area (Å²) < 4.78 is 27.5. The minimum atomic E-state index is -3.28. The molecule has 5 nitrogen and oxygen atoms in total. The maximum absolute atomic E-state index is 12.3. The van der Waals surface area contributed by atoms with Gasteiger partial charge < -0.3 is 4.90 Å². The van der Waals surface area contributed by atoms with E-state index < -0.39 is 15.3 Å². The molecule has 3 rings (SSSR count). The molecule has 1 aliphatic carbocycles. The van der Waals surface area contributed by atoms with Crippen LogP contribution in [0.25, 0.3) is 4.85 Å². The molecule has 0 radical (unpaired) electrons. The second kappa shape index (κ2) is 9.43. The first-order chi connectivity index (χ1) is 13.9. The van der Waals surface area contributed by atoms with Gasteiger partial charge in [-0.1, -0.05) is 48.9 Å². The Bertz CT molecular complexity index is 934. The third-order valence-electron chi connectivity index (χ3n) is 5.60. The molecular formula is C23H29N3O2S. The number of anilines is 1. The van der Waals surface area contributed by atoms with Crippen molar-refractivity contribution in [3.8, 4) is 0 Å². The maximum Gasteiger partial charge on any atom is 0.289 e. The van der Waals surface area contributed by atoms with Crippen molar-refractivity contribution in [3.05, 3.63) is 77.1 Å². The minimum Gasteiger partial charge on any atom is -0.301 e. The molecule has 0 bridgehead atoms. The minimum absolute atomic E-state index is 0.0445. The Morgan fingerprint density at radius 1 is 1.10 bits per heavy atom. The van der Waals surface area contributed by atoms with E-state index in [0.717, 1.165) is 30.5 Å². The fraction of sp³-hybridized carbons (Fsp3) is 0.435. The monoisotopic (exact) mass is 411 g/mol. The number of benzene rings is 2. The molecule has 0 aromatic heterocycles. The van der Waals surface area contributed by atoms with E-state index in [9.17, 15) is 8.42 Å². The fourth-order valence-corrected chi connectivity index (χ4v) is 4.87. The van der Waals surface area contributed by atoms with Gasteiger partial charge in [0.1, 0.15) is 0 Å². The van der Waals surface area contributed by atoms with Crippen LogP contribution in [-0.4, -0.2) is 26.4 Å². The summed E-state index contributed by atoms with van der Waals surface area (Å²) in [6.07, 6.45) is 2.88. The lowest BCUT2D eigenvalue weighted by Gasteiger charge is -2.24. The molecule has 0 amide bonds. The summed E-state index contributed by atoms with van der Waals surface area (Å²) in [6.45, 7) is 11.7. The summed E-state index contributed by atoms with van der Waals surface area (Å²) in [5.41, 5.74) is 3.33. The summed E-state index contributed by atoms with van der Waals surface area (Å²) in [5, 5.41) is -0.425. The van der Waals surface area contributed by atoms with E-state index >= 15 is 0 Å². The quantitative estimate of drug-likeness (QED) is 0.649. The van der Waals surface area contributed by atoms with Crippen LogP contribution < -0.4 is 9.62 Å². The van der Waals surface area contributed by atoms with E-state index in [0.29, 0.717) is 13.2 Å². The predicted molar refractivity (Wildman–Crippen MR) is 118 cm³/mol. The topological polar surface area (TPSA) is 53.8 Å². The molecule has 1 N–H and O–H groups in total. The van der Waals surface area contributed by atoms with E-state index in [2.05, 4.69) is 50.9 Å². The standard InChI is InChI=1S/C23H29N3O2S/c1-18(2)29(27,28)25-23-11-7-10-22(23)20-12-14-21(15-13-20)26(17-24-3)16-19-8-5-4-6-9-19/h4-6,8-9,12-15,18,22-23,25H,7,10-11,16-17H2,1-2H3/t22-,23-/m1/s1. The number of hydrogen-bond acceptors (Lipinski definition) is 3. The summed E-state index contributed by atoms with van der Waals surface area (Å²) in [4.78, 5) is 5.63. The van der Waals surface area contributed by atoms with Crippen LogP contribution in [0.1, 0.15) is 50.2 Å². The van der Waals surface area contributed by atoms with Crippen molar-refractivity contribution in [2.24, 2.45) is 0 Å². The van der Waals surface area contributed by atoms with Crippen molar-refractivity contribution < 1.29 is 8.42 Å². The van der Waals surface area contributed by atoms with Gasteiger partial charge in [0.25, 0.3) is 6.67 Å². The molecule has 6 heteroatoms. The number of nitrogens with one attached hydrogen (secondary N) is 1. The Labute approximate surface area is 174 Å². The molecule has 154 valence electrons. The number of hydrogen-bond donors (Lipinski definition) is 1. The van der Waals surface area contributed by atoms with E-state index in [1.807, 2.05) is 18.2 Å². The second-order valence-electron chi connectivity index (χ2n) is 7.93. The highest BCUT2D eigenvalue weighted by Gasteiger charge is 2.32. The van der Waals surface area contributed by atoms with Crippen LogP contribution in [0.5, 0.6) is 0 Å². The molecule has 0 heterocycles. The molecule has 1 aliphatic rings. The van der Waals surface area contributed by atoms with Gasteiger partial charge in [0.2, 0.25) is 10.0 Å². The first-order valence-corrected chi connectivity index (χ1v) is 11.7. The number of nitrogens with zero attached hydrogens (tertiary/aromatic N) is 2. The van der Waals surface area contributed by atoms with Crippen molar-refractivity contribution in [2.75, 3.05) is 11.6 Å². The Balaban J connectivity index is 1.75. The normalized spacial score (nSPS) is 19.2. The zero-order valence-electron chi connectivity index (χ0n) is 17.1. The average Bonchev–Trinajstić information content (AvgIpc) is 3.16. The average molecular weight is 412 g/mol. The lowest BCUT2D eigenvalue weighted by molar-refractivity contribution is 0.519. The smallest absolute Gasteiger partial charge is 0.289 e. The predicted octanol–water partition coefficient (Wildman–Crippen LogP) is 4.53. The van der Waals surface area contributed by atoms with Crippen molar-refractivity contribution in [1.82, 2.24) is 4.72 Å². The van der Waals surface area contributed by atoms with Crippen molar-refractivity contribution >= 4 is 15.7 Å². The lowest BCUT2D eigenvalue weighted by Crippen LogP contribution is -2.40. The maximum atomic E-state index is 12.3. The largest absolute Gasteiger partial charge is 0.301 e. The Morgan fingerprint density at radius 3 is 2.41 bits per heavy atom. The van der Waals surface area contributed by atoms with Crippen LogP contribution in [-0.2, 0) is 16.6 Å². The summed E-state index contributed by atoms with van der Waals surface area (Å²) in [5.74, 6) is 0.195. The Hall–Kier alpha value is -2.36. The zero-order valence-corrected chi connectivity index (χ0v) is 17.9. The number of rotatable bonds is 8. The lowest BCUT2D eigenvalue weighted by atomic mass is 9.94. The highest BCUT2D eigenvalue weighted by atomic mass is 32.2. The molecular weight excluding hydrogens is 382 g/mol. The van der Waals surface area contributed by atoms with Gasteiger partial charge in [-0.3, -0.25) is 4.85 Å². The molecule has 2 aromatic rings. The van der Waals surface area contributed by atoms with Crippen LogP contribution in [0.15, 0.2) is 54.6 Å². The van der Waals surface area contributed by atoms with Crippen LogP contribution in [0.2, 0.25) is 0 Å². The van der Waals surface area contributed by atoms with Crippen LogP contribution in [0, 0.1) is 6.57 Å². The zero-order chi connectivity index (χ0) is 20.9. The second-order valence-corrected chi connectivity index (χ2v) is 10.2. The van der Waals surface area contributed by atoms with E-state index in [4.69, 9.17) is 6.57 Å². The molecule has 1 saturated carbocycles. The molecule has 0 aliphatic heterocycles. The van der Waals surface area contributed by atoms with Crippen LogP contribution in [0.3, 0.4) is 0 Å². The highest BCUT2D eigenvalue weighted by Crippen LogP contribution is 2.36. The summed E-state index contributed by atoms with van der Waals surface area (Å²) >= 11 is 0. The Morgan fingerprint density at radius 2 is 1.79 bits per heavy atom.